The molecule has 120 valence electrons. The molecule has 0 unspecified atom stereocenters. The topological polar surface area (TPSA) is 56.9 Å². The molecule has 1 heterocycles. The maximum absolute atomic E-state index is 14.1. The zero-order chi connectivity index (χ0) is 17.3. The largest absolute Gasteiger partial charge is 0.492 e. The molecule has 1 aromatic heterocycles. The van der Waals surface area contributed by atoms with Gasteiger partial charge in [0.2, 0.25) is 5.88 Å². The van der Waals surface area contributed by atoms with Gasteiger partial charge < -0.3 is 5.11 Å². The zero-order valence-electron chi connectivity index (χ0n) is 12.7. The number of fused-ring (bicyclic) bond motifs is 1. The summed E-state index contributed by atoms with van der Waals surface area (Å²) in [5.74, 6) is -0.895. The Balaban J connectivity index is 2.04. The van der Waals surface area contributed by atoms with Crippen molar-refractivity contribution in [1.29, 1.82) is 5.26 Å². The number of aromatic nitrogens is 1. The van der Waals surface area contributed by atoms with E-state index in [9.17, 15) is 13.9 Å². The van der Waals surface area contributed by atoms with Crippen molar-refractivity contribution in [3.8, 4) is 11.9 Å². The molecule has 0 bridgehead atoms. The van der Waals surface area contributed by atoms with Gasteiger partial charge in [-0.1, -0.05) is 18.2 Å². The lowest BCUT2D eigenvalue weighted by molar-refractivity contribution is 0.448. The monoisotopic (exact) mass is 342 g/mol. The average Bonchev–Trinajstić information content (AvgIpc) is 2.54. The first-order valence-corrected chi connectivity index (χ1v) is 8.09. The van der Waals surface area contributed by atoms with E-state index >= 15 is 0 Å². The van der Waals surface area contributed by atoms with Gasteiger partial charge in [-0.2, -0.15) is 5.26 Å². The third-order valence-electron chi connectivity index (χ3n) is 3.71. The van der Waals surface area contributed by atoms with E-state index in [1.165, 1.54) is 36.0 Å². The van der Waals surface area contributed by atoms with Crippen molar-refractivity contribution in [2.75, 3.05) is 0 Å². The molecule has 0 amide bonds. The quantitative estimate of drug-likeness (QED) is 0.702. The van der Waals surface area contributed by atoms with Gasteiger partial charge in [-0.05, 0) is 36.2 Å². The number of benzene rings is 2. The molecule has 0 aliphatic carbocycles. The van der Waals surface area contributed by atoms with Gasteiger partial charge in [-0.3, -0.25) is 0 Å². The smallest absolute Gasteiger partial charge is 0.231 e. The standard InChI is InChI=1S/C18H12F2N2OS/c1-10-7-12(19)6-5-11(10)9-24-18-13-3-2-4-15(20)16(13)14(8-21)17(23)22-18/h2-7H,9H2,1H3,(H,22,23). The fraction of sp³-hybridized carbons (Fsp3) is 0.111. The molecule has 0 atom stereocenters. The molecule has 24 heavy (non-hydrogen) atoms. The van der Waals surface area contributed by atoms with Gasteiger partial charge in [0.15, 0.2) is 0 Å². The predicted molar refractivity (Wildman–Crippen MR) is 88.8 cm³/mol. The summed E-state index contributed by atoms with van der Waals surface area (Å²) in [5.41, 5.74) is 1.54. The van der Waals surface area contributed by atoms with Crippen molar-refractivity contribution in [3.63, 3.8) is 0 Å². The Hall–Kier alpha value is -2.65. The van der Waals surface area contributed by atoms with Crippen LogP contribution in [0.25, 0.3) is 10.8 Å². The van der Waals surface area contributed by atoms with Crippen molar-refractivity contribution in [3.05, 3.63) is 64.7 Å². The molecule has 0 spiro atoms. The summed E-state index contributed by atoms with van der Waals surface area (Å²) in [6.45, 7) is 1.81. The Morgan fingerprint density at radius 1 is 1.25 bits per heavy atom. The molecule has 0 radical (unpaired) electrons. The van der Waals surface area contributed by atoms with Crippen molar-refractivity contribution in [1.82, 2.24) is 4.98 Å². The lowest BCUT2D eigenvalue weighted by Crippen LogP contribution is -1.94. The second-order valence-electron chi connectivity index (χ2n) is 5.25. The molecular formula is C18H12F2N2OS. The minimum atomic E-state index is -0.582. The van der Waals surface area contributed by atoms with Crippen LogP contribution >= 0.6 is 11.8 Å². The van der Waals surface area contributed by atoms with Crippen LogP contribution in [0.2, 0.25) is 0 Å². The molecule has 1 N–H and O–H groups in total. The van der Waals surface area contributed by atoms with Crippen LogP contribution in [0.3, 0.4) is 0 Å². The Kier molecular flexibility index (Phi) is 4.36. The number of pyridine rings is 1. The lowest BCUT2D eigenvalue weighted by atomic mass is 10.1. The molecule has 6 heteroatoms. The predicted octanol–water partition coefficient (Wildman–Crippen LogP) is 4.69. The number of nitriles is 1. The Labute approximate surface area is 141 Å². The van der Waals surface area contributed by atoms with E-state index in [2.05, 4.69) is 4.98 Å². The van der Waals surface area contributed by atoms with Crippen molar-refractivity contribution >= 4 is 22.5 Å². The van der Waals surface area contributed by atoms with Gasteiger partial charge >= 0.3 is 0 Å². The van der Waals surface area contributed by atoms with Gasteiger partial charge in [0, 0.05) is 16.5 Å². The Morgan fingerprint density at radius 3 is 2.75 bits per heavy atom. The zero-order valence-corrected chi connectivity index (χ0v) is 13.5. The summed E-state index contributed by atoms with van der Waals surface area (Å²) in [6, 6.07) is 10.7. The molecule has 2 aromatic carbocycles. The van der Waals surface area contributed by atoms with Gasteiger partial charge in [0.05, 0.1) is 0 Å². The van der Waals surface area contributed by atoms with Crippen LogP contribution in [0.15, 0.2) is 41.4 Å². The van der Waals surface area contributed by atoms with Crippen LogP contribution in [-0.4, -0.2) is 10.1 Å². The summed E-state index contributed by atoms with van der Waals surface area (Å²) >= 11 is 1.30. The fourth-order valence-corrected chi connectivity index (χ4v) is 3.56. The number of thioether (sulfide) groups is 1. The Bertz CT molecular complexity index is 983. The van der Waals surface area contributed by atoms with Crippen LogP contribution in [0.5, 0.6) is 5.88 Å². The first-order valence-electron chi connectivity index (χ1n) is 7.10. The van der Waals surface area contributed by atoms with E-state index in [0.717, 1.165) is 11.1 Å². The van der Waals surface area contributed by atoms with Gasteiger partial charge in [0.1, 0.15) is 28.3 Å². The molecule has 3 rings (SSSR count). The molecule has 3 nitrogen and oxygen atoms in total. The number of halogens is 2. The molecule has 0 aliphatic rings. The highest BCUT2D eigenvalue weighted by Gasteiger charge is 2.17. The summed E-state index contributed by atoms with van der Waals surface area (Å²) < 4.78 is 27.3. The highest BCUT2D eigenvalue weighted by molar-refractivity contribution is 7.98. The summed E-state index contributed by atoms with van der Waals surface area (Å²) in [4.78, 5) is 4.03. The number of hydrogen-bond donors (Lipinski definition) is 1. The van der Waals surface area contributed by atoms with Gasteiger partial charge in [-0.15, -0.1) is 11.8 Å². The number of aromatic hydroxyl groups is 1. The normalized spacial score (nSPS) is 10.8. The molecule has 0 aliphatic heterocycles. The molecule has 3 aromatic rings. The summed E-state index contributed by atoms with van der Waals surface area (Å²) in [6.07, 6.45) is 0. The van der Waals surface area contributed by atoms with E-state index in [-0.39, 0.29) is 16.8 Å². The molecule has 0 saturated heterocycles. The molecule has 0 saturated carbocycles. The first-order chi connectivity index (χ1) is 11.5. The lowest BCUT2D eigenvalue weighted by Gasteiger charge is -2.10. The summed E-state index contributed by atoms with van der Waals surface area (Å²) in [5, 5.41) is 20.0. The number of rotatable bonds is 3. The van der Waals surface area contributed by atoms with E-state index in [1.807, 2.05) is 0 Å². The Morgan fingerprint density at radius 2 is 2.04 bits per heavy atom. The van der Waals surface area contributed by atoms with Crippen LogP contribution in [0.4, 0.5) is 8.78 Å². The van der Waals surface area contributed by atoms with E-state index in [0.29, 0.717) is 16.2 Å². The van der Waals surface area contributed by atoms with Crippen LogP contribution in [0, 0.1) is 29.9 Å². The molecular weight excluding hydrogens is 330 g/mol. The second-order valence-corrected chi connectivity index (χ2v) is 6.21. The van der Waals surface area contributed by atoms with Crippen LogP contribution < -0.4 is 0 Å². The maximum Gasteiger partial charge on any atom is 0.231 e. The van der Waals surface area contributed by atoms with Crippen molar-refractivity contribution in [2.45, 2.75) is 17.7 Å². The number of aryl methyl sites for hydroxylation is 1. The van der Waals surface area contributed by atoms with E-state index in [4.69, 9.17) is 5.26 Å². The highest BCUT2D eigenvalue weighted by atomic mass is 32.2. The third-order valence-corrected chi connectivity index (χ3v) is 4.75. The number of nitrogens with zero attached hydrogens (tertiary/aromatic N) is 2. The first kappa shape index (κ1) is 16.2. The molecule has 0 fully saturated rings. The maximum atomic E-state index is 14.1. The average molecular weight is 342 g/mol. The number of hydrogen-bond acceptors (Lipinski definition) is 4. The highest BCUT2D eigenvalue weighted by Crippen LogP contribution is 2.35. The minimum absolute atomic E-state index is 0.0610. The SMILES string of the molecule is Cc1cc(F)ccc1CSc1nc(O)c(C#N)c2c(F)cccc12. The summed E-state index contributed by atoms with van der Waals surface area (Å²) in [7, 11) is 0. The second kappa shape index (κ2) is 6.46. The van der Waals surface area contributed by atoms with Gasteiger partial charge in [0.25, 0.3) is 0 Å². The van der Waals surface area contributed by atoms with Gasteiger partial charge in [-0.25, -0.2) is 13.8 Å². The van der Waals surface area contributed by atoms with Crippen molar-refractivity contribution < 1.29 is 13.9 Å². The third kappa shape index (κ3) is 2.91. The van der Waals surface area contributed by atoms with Crippen LogP contribution in [-0.2, 0) is 5.75 Å². The van der Waals surface area contributed by atoms with E-state index in [1.54, 1.807) is 25.1 Å². The van der Waals surface area contributed by atoms with Crippen LogP contribution in [0.1, 0.15) is 16.7 Å². The fourth-order valence-electron chi connectivity index (χ4n) is 2.46. The minimum Gasteiger partial charge on any atom is -0.492 e. The van der Waals surface area contributed by atoms with Crippen molar-refractivity contribution in [2.24, 2.45) is 0 Å². The van der Waals surface area contributed by atoms with E-state index < -0.39 is 11.7 Å².